The predicted octanol–water partition coefficient (Wildman–Crippen LogP) is 2.79. The van der Waals surface area contributed by atoms with E-state index in [4.69, 9.17) is 11.5 Å². The second-order valence-electron chi connectivity index (χ2n) is 9.69. The fourth-order valence-corrected chi connectivity index (χ4v) is 5.04. The highest BCUT2D eigenvalue weighted by atomic mass is 32.2. The molecule has 6 N–H and O–H groups in total. The molecule has 4 rings (SSSR count). The highest BCUT2D eigenvalue weighted by molar-refractivity contribution is 7.92. The lowest BCUT2D eigenvalue weighted by Gasteiger charge is -2.39. The van der Waals surface area contributed by atoms with Crippen LogP contribution in [0.25, 0.3) is 16.6 Å². The van der Waals surface area contributed by atoms with Crippen molar-refractivity contribution >= 4 is 32.8 Å². The van der Waals surface area contributed by atoms with E-state index < -0.39 is 15.9 Å². The molecule has 0 aliphatic heterocycles. The van der Waals surface area contributed by atoms with Gasteiger partial charge < -0.3 is 16.8 Å². The summed E-state index contributed by atoms with van der Waals surface area (Å²) in [6.45, 7) is 6.31. The largest absolute Gasteiger partial charge is 0.379 e. The zero-order valence-electron chi connectivity index (χ0n) is 19.2. The summed E-state index contributed by atoms with van der Waals surface area (Å²) in [4.78, 5) is 12.2. The van der Waals surface area contributed by atoms with Crippen LogP contribution in [0.15, 0.2) is 42.7 Å². The van der Waals surface area contributed by atoms with E-state index >= 15 is 0 Å². The number of carbonyl (C=O) groups excluding carboxylic acids is 1. The number of fused-ring (bicyclic) bond motifs is 1. The molecular weight excluding hydrogens is 440 g/mol. The summed E-state index contributed by atoms with van der Waals surface area (Å²) < 4.78 is 27.4. The number of nitrogens with two attached hydrogens (primary N) is 2. The van der Waals surface area contributed by atoms with Crippen molar-refractivity contribution in [3.63, 3.8) is 0 Å². The number of benzene rings is 1. The van der Waals surface area contributed by atoms with E-state index in [9.17, 15) is 13.2 Å². The maximum Gasteiger partial charge on any atom is 0.252 e. The third kappa shape index (κ3) is 4.28. The SMILES string of the molecule is CC1(C)[C@H](Nc2c(C(N)=O)cnn3cc(-c4cccc(NS(C)(=O)=O)c4)cc23)CC[C@]1(C)N. The molecule has 176 valence electrons. The fraction of sp³-hybridized carbons (Fsp3) is 0.391. The van der Waals surface area contributed by atoms with Gasteiger partial charge in [-0.3, -0.25) is 9.52 Å². The molecule has 1 saturated carbocycles. The second kappa shape index (κ2) is 7.74. The Hall–Kier alpha value is -3.11. The third-order valence-electron chi connectivity index (χ3n) is 7.02. The number of rotatable bonds is 6. The first-order chi connectivity index (χ1) is 15.3. The molecule has 1 aliphatic rings. The van der Waals surface area contributed by atoms with E-state index in [1.807, 2.05) is 18.3 Å². The van der Waals surface area contributed by atoms with Gasteiger partial charge >= 0.3 is 0 Å². The van der Waals surface area contributed by atoms with Gasteiger partial charge in [0.25, 0.3) is 5.91 Å². The number of hydrogen-bond donors (Lipinski definition) is 4. The van der Waals surface area contributed by atoms with E-state index in [2.05, 4.69) is 35.9 Å². The Kier molecular flexibility index (Phi) is 5.41. The number of hydrogen-bond acceptors (Lipinski definition) is 6. The molecule has 1 amide bonds. The van der Waals surface area contributed by atoms with Gasteiger partial charge in [0.05, 0.1) is 29.2 Å². The van der Waals surface area contributed by atoms with Gasteiger partial charge in [-0.1, -0.05) is 26.0 Å². The third-order valence-corrected chi connectivity index (χ3v) is 7.62. The van der Waals surface area contributed by atoms with Crippen LogP contribution in [0.1, 0.15) is 44.0 Å². The van der Waals surface area contributed by atoms with Crippen molar-refractivity contribution in [2.45, 2.75) is 45.2 Å². The van der Waals surface area contributed by atoms with Gasteiger partial charge in [0.2, 0.25) is 10.0 Å². The Balaban J connectivity index is 1.79. The number of anilines is 2. The van der Waals surface area contributed by atoms with Crippen molar-refractivity contribution < 1.29 is 13.2 Å². The van der Waals surface area contributed by atoms with Crippen LogP contribution >= 0.6 is 0 Å². The van der Waals surface area contributed by atoms with Crippen molar-refractivity contribution in [3.8, 4) is 11.1 Å². The molecule has 0 unspecified atom stereocenters. The smallest absolute Gasteiger partial charge is 0.252 e. The van der Waals surface area contributed by atoms with E-state index in [1.165, 1.54) is 6.20 Å². The number of carbonyl (C=O) groups is 1. The second-order valence-corrected chi connectivity index (χ2v) is 11.4. The Bertz CT molecular complexity index is 1340. The standard InChI is InChI=1S/C23H30N6O3S/c1-22(2)19(8-9-23(22,3)25)27-20-17(21(24)30)12-26-29-13-15(11-18(20)29)14-6-5-7-16(10-14)28-33(4,31)32/h5-7,10-13,19,27-28H,8-9,25H2,1-4H3,(H2,24,30)/t19-,23+/m1/s1. The Morgan fingerprint density at radius 2 is 1.94 bits per heavy atom. The normalized spacial score (nSPS) is 22.4. The summed E-state index contributed by atoms with van der Waals surface area (Å²) in [6.07, 6.45) is 6.12. The van der Waals surface area contributed by atoms with Crippen LogP contribution in [0.2, 0.25) is 0 Å². The Morgan fingerprint density at radius 1 is 1.21 bits per heavy atom. The van der Waals surface area contributed by atoms with Crippen LogP contribution in [0.3, 0.4) is 0 Å². The maximum absolute atomic E-state index is 12.2. The minimum absolute atomic E-state index is 0.0393. The van der Waals surface area contributed by atoms with Gasteiger partial charge in [0.1, 0.15) is 0 Å². The summed E-state index contributed by atoms with van der Waals surface area (Å²) in [7, 11) is -3.40. The van der Waals surface area contributed by atoms with Crippen molar-refractivity contribution in [2.24, 2.45) is 16.9 Å². The molecule has 1 aliphatic carbocycles. The summed E-state index contributed by atoms with van der Waals surface area (Å²) in [6, 6.07) is 9.03. The molecule has 33 heavy (non-hydrogen) atoms. The van der Waals surface area contributed by atoms with Crippen molar-refractivity contribution in [3.05, 3.63) is 48.3 Å². The molecule has 0 radical (unpaired) electrons. The van der Waals surface area contributed by atoms with Crippen molar-refractivity contribution in [1.29, 1.82) is 0 Å². The molecule has 9 nitrogen and oxygen atoms in total. The first-order valence-electron chi connectivity index (χ1n) is 10.7. The minimum Gasteiger partial charge on any atom is -0.379 e. The van der Waals surface area contributed by atoms with Gasteiger partial charge in [-0.2, -0.15) is 5.10 Å². The molecule has 2 aromatic heterocycles. The van der Waals surface area contributed by atoms with E-state index in [-0.39, 0.29) is 17.0 Å². The van der Waals surface area contributed by atoms with Gasteiger partial charge in [0.15, 0.2) is 0 Å². The lowest BCUT2D eigenvalue weighted by atomic mass is 9.75. The van der Waals surface area contributed by atoms with Gasteiger partial charge in [-0.25, -0.2) is 12.9 Å². The lowest BCUT2D eigenvalue weighted by molar-refractivity contribution is 0.100. The molecule has 0 spiro atoms. The van der Waals surface area contributed by atoms with E-state index in [0.717, 1.165) is 30.2 Å². The Morgan fingerprint density at radius 3 is 2.55 bits per heavy atom. The van der Waals surface area contributed by atoms with Crippen LogP contribution in [0.4, 0.5) is 11.4 Å². The Labute approximate surface area is 193 Å². The first-order valence-corrected chi connectivity index (χ1v) is 12.6. The molecule has 2 heterocycles. The minimum atomic E-state index is -3.40. The number of primary amides is 1. The maximum atomic E-state index is 12.2. The topological polar surface area (TPSA) is 145 Å². The van der Waals surface area contributed by atoms with Gasteiger partial charge in [-0.05, 0) is 43.5 Å². The summed E-state index contributed by atoms with van der Waals surface area (Å²) in [5.74, 6) is -0.569. The molecule has 10 heteroatoms. The molecule has 3 aromatic rings. The first kappa shape index (κ1) is 23.1. The molecule has 1 aromatic carbocycles. The van der Waals surface area contributed by atoms with Crippen molar-refractivity contribution in [2.75, 3.05) is 16.3 Å². The molecule has 2 atom stereocenters. The number of aromatic nitrogens is 2. The highest BCUT2D eigenvalue weighted by Gasteiger charge is 2.49. The highest BCUT2D eigenvalue weighted by Crippen LogP contribution is 2.46. The molecule has 1 fully saturated rings. The summed E-state index contributed by atoms with van der Waals surface area (Å²) in [5, 5.41) is 7.92. The van der Waals surface area contributed by atoms with Crippen LogP contribution in [-0.4, -0.2) is 41.8 Å². The summed E-state index contributed by atoms with van der Waals surface area (Å²) >= 11 is 0. The molecular formula is C23H30N6O3S. The van der Waals surface area contributed by atoms with Gasteiger partial charge in [0, 0.05) is 34.4 Å². The summed E-state index contributed by atoms with van der Waals surface area (Å²) in [5.41, 5.74) is 15.4. The predicted molar refractivity (Wildman–Crippen MR) is 131 cm³/mol. The fourth-order valence-electron chi connectivity index (χ4n) is 4.48. The van der Waals surface area contributed by atoms with Crippen LogP contribution < -0.4 is 21.5 Å². The zero-order valence-corrected chi connectivity index (χ0v) is 20.0. The number of amides is 1. The quantitative estimate of drug-likeness (QED) is 0.436. The van der Waals surface area contributed by atoms with E-state index in [0.29, 0.717) is 22.5 Å². The monoisotopic (exact) mass is 470 g/mol. The van der Waals surface area contributed by atoms with Gasteiger partial charge in [-0.15, -0.1) is 0 Å². The number of nitrogens with zero attached hydrogens (tertiary/aromatic N) is 2. The average molecular weight is 471 g/mol. The molecule has 0 saturated heterocycles. The lowest BCUT2D eigenvalue weighted by Crippen LogP contribution is -2.51. The van der Waals surface area contributed by atoms with Crippen LogP contribution in [-0.2, 0) is 10.0 Å². The van der Waals surface area contributed by atoms with Crippen LogP contribution in [0.5, 0.6) is 0 Å². The van der Waals surface area contributed by atoms with E-state index in [1.54, 1.807) is 22.7 Å². The number of nitrogens with one attached hydrogen (secondary N) is 2. The van der Waals surface area contributed by atoms with Crippen LogP contribution in [0, 0.1) is 5.41 Å². The molecule has 0 bridgehead atoms. The number of sulfonamides is 1. The van der Waals surface area contributed by atoms with Crippen molar-refractivity contribution in [1.82, 2.24) is 9.61 Å². The average Bonchev–Trinajstić information content (AvgIpc) is 3.21. The zero-order chi connectivity index (χ0) is 24.2.